The molecule has 2 amide bonds. The molecule has 0 aliphatic carbocycles. The first-order valence-corrected chi connectivity index (χ1v) is 8.44. The van der Waals surface area contributed by atoms with E-state index in [1.807, 2.05) is 13.8 Å². The second-order valence-electron chi connectivity index (χ2n) is 6.12. The highest BCUT2D eigenvalue weighted by atomic mass is 16.5. The summed E-state index contributed by atoms with van der Waals surface area (Å²) in [5.41, 5.74) is 1.98. The molecule has 0 unspecified atom stereocenters. The average Bonchev–Trinajstić information content (AvgIpc) is 2.58. The zero-order valence-corrected chi connectivity index (χ0v) is 14.6. The summed E-state index contributed by atoms with van der Waals surface area (Å²) in [5, 5.41) is 5.43. The summed E-state index contributed by atoms with van der Waals surface area (Å²) >= 11 is 0. The van der Waals surface area contributed by atoms with E-state index >= 15 is 0 Å². The van der Waals surface area contributed by atoms with Gasteiger partial charge in [0.05, 0.1) is 11.7 Å². The number of ether oxygens (including phenoxy) is 2. The number of carbonyl (C=O) groups excluding carboxylic acids is 3. The Hall–Kier alpha value is -2.41. The van der Waals surface area contributed by atoms with Crippen LogP contribution in [0.1, 0.15) is 42.6 Å². The van der Waals surface area contributed by atoms with Crippen molar-refractivity contribution in [3.05, 3.63) is 29.3 Å². The molecule has 25 heavy (non-hydrogen) atoms. The van der Waals surface area contributed by atoms with Gasteiger partial charge >= 0.3 is 5.97 Å². The summed E-state index contributed by atoms with van der Waals surface area (Å²) in [5.74, 6) is -0.931. The molecule has 136 valence electrons. The van der Waals surface area contributed by atoms with Crippen molar-refractivity contribution in [2.45, 2.75) is 39.2 Å². The molecule has 2 rings (SSSR count). The molecule has 0 atom stereocenters. The minimum atomic E-state index is -0.557. The van der Waals surface area contributed by atoms with Crippen LogP contribution in [0.3, 0.4) is 0 Å². The molecule has 1 aromatic rings. The van der Waals surface area contributed by atoms with Gasteiger partial charge in [-0.1, -0.05) is 0 Å². The summed E-state index contributed by atoms with van der Waals surface area (Å²) in [6.45, 7) is 4.63. The Kier molecular flexibility index (Phi) is 6.94. The van der Waals surface area contributed by atoms with Gasteiger partial charge in [-0.25, -0.2) is 4.79 Å². The molecule has 1 aliphatic heterocycles. The number of esters is 1. The monoisotopic (exact) mass is 348 g/mol. The fourth-order valence-electron chi connectivity index (χ4n) is 2.39. The van der Waals surface area contributed by atoms with E-state index < -0.39 is 5.97 Å². The topological polar surface area (TPSA) is 93.7 Å². The molecule has 7 heteroatoms. The van der Waals surface area contributed by atoms with Gasteiger partial charge in [-0.3, -0.25) is 9.59 Å². The zero-order chi connectivity index (χ0) is 18.2. The van der Waals surface area contributed by atoms with E-state index in [1.165, 1.54) is 0 Å². The molecule has 0 fully saturated rings. The van der Waals surface area contributed by atoms with Gasteiger partial charge in [0.2, 0.25) is 5.91 Å². The Morgan fingerprint density at radius 1 is 1.28 bits per heavy atom. The Morgan fingerprint density at radius 3 is 2.84 bits per heavy atom. The van der Waals surface area contributed by atoms with Crippen LogP contribution in [-0.2, 0) is 25.5 Å². The third-order valence-electron chi connectivity index (χ3n) is 3.67. The fraction of sp³-hybridized carbons (Fsp3) is 0.500. The third kappa shape index (κ3) is 6.19. The smallest absolute Gasteiger partial charge is 0.338 e. The van der Waals surface area contributed by atoms with E-state index in [0.717, 1.165) is 5.56 Å². The van der Waals surface area contributed by atoms with Crippen LogP contribution >= 0.6 is 0 Å². The van der Waals surface area contributed by atoms with Crippen LogP contribution in [0.2, 0.25) is 0 Å². The number of nitrogens with one attached hydrogen (secondary N) is 2. The zero-order valence-electron chi connectivity index (χ0n) is 14.6. The van der Waals surface area contributed by atoms with Crippen LogP contribution in [0.15, 0.2) is 18.2 Å². The maximum atomic E-state index is 12.0. The first-order valence-electron chi connectivity index (χ1n) is 8.44. The average molecular weight is 348 g/mol. The highest BCUT2D eigenvalue weighted by molar-refractivity contribution is 5.96. The molecular weight excluding hydrogens is 324 g/mol. The van der Waals surface area contributed by atoms with E-state index in [1.54, 1.807) is 18.2 Å². The molecule has 7 nitrogen and oxygen atoms in total. The standard InChI is InChI=1S/C18H24N2O5/c1-12(2)24-9-3-8-19-17(22)11-25-18(23)14-4-6-15-13(10-14)5-7-16(21)20-15/h4,6,10,12H,3,5,7-9,11H2,1-2H3,(H,19,22)(H,20,21). The molecular formula is C18H24N2O5. The number of fused-ring (bicyclic) bond motifs is 1. The fourth-order valence-corrected chi connectivity index (χ4v) is 2.39. The van der Waals surface area contributed by atoms with E-state index in [2.05, 4.69) is 10.6 Å². The van der Waals surface area contributed by atoms with Crippen LogP contribution in [-0.4, -0.2) is 43.6 Å². The van der Waals surface area contributed by atoms with Crippen molar-refractivity contribution in [1.29, 1.82) is 0 Å². The first-order chi connectivity index (χ1) is 12.0. The van der Waals surface area contributed by atoms with Gasteiger partial charge in [0.1, 0.15) is 0 Å². The number of hydrogen-bond donors (Lipinski definition) is 2. The Balaban J connectivity index is 1.73. The maximum Gasteiger partial charge on any atom is 0.338 e. The summed E-state index contributed by atoms with van der Waals surface area (Å²) in [7, 11) is 0. The Morgan fingerprint density at radius 2 is 2.08 bits per heavy atom. The number of amides is 2. The van der Waals surface area contributed by atoms with Gasteiger partial charge in [0.25, 0.3) is 5.91 Å². The SMILES string of the molecule is CC(C)OCCCNC(=O)COC(=O)c1ccc2c(c1)CCC(=O)N2. The molecule has 0 aromatic heterocycles. The van der Waals surface area contributed by atoms with E-state index in [4.69, 9.17) is 9.47 Å². The predicted octanol–water partition coefficient (Wildman–Crippen LogP) is 1.66. The van der Waals surface area contributed by atoms with Gasteiger partial charge in [0, 0.05) is 25.3 Å². The van der Waals surface area contributed by atoms with Crippen LogP contribution in [0.5, 0.6) is 0 Å². The van der Waals surface area contributed by atoms with Gasteiger partial charge in [-0.2, -0.15) is 0 Å². The molecule has 0 bridgehead atoms. The lowest BCUT2D eigenvalue weighted by molar-refractivity contribution is -0.124. The number of carbonyl (C=O) groups is 3. The van der Waals surface area contributed by atoms with E-state index in [0.29, 0.717) is 43.7 Å². The van der Waals surface area contributed by atoms with Crippen molar-refractivity contribution in [3.63, 3.8) is 0 Å². The summed E-state index contributed by atoms with van der Waals surface area (Å²) in [6, 6.07) is 4.95. The molecule has 2 N–H and O–H groups in total. The lowest BCUT2D eigenvalue weighted by Gasteiger charge is -2.17. The predicted molar refractivity (Wildman–Crippen MR) is 92.4 cm³/mol. The normalized spacial score (nSPS) is 13.2. The third-order valence-corrected chi connectivity index (χ3v) is 3.67. The molecule has 0 radical (unpaired) electrons. The number of anilines is 1. The van der Waals surface area contributed by atoms with E-state index in [-0.39, 0.29) is 24.5 Å². The molecule has 1 aromatic carbocycles. The molecule has 1 aliphatic rings. The number of aryl methyl sites for hydroxylation is 1. The first kappa shape index (κ1) is 18.9. The van der Waals surface area contributed by atoms with Gasteiger partial charge in [0.15, 0.2) is 6.61 Å². The highest BCUT2D eigenvalue weighted by Gasteiger charge is 2.17. The summed E-state index contributed by atoms with van der Waals surface area (Å²) < 4.78 is 10.4. The lowest BCUT2D eigenvalue weighted by atomic mass is 10.0. The van der Waals surface area contributed by atoms with Crippen molar-refractivity contribution < 1.29 is 23.9 Å². The highest BCUT2D eigenvalue weighted by Crippen LogP contribution is 2.23. The number of rotatable bonds is 8. The second kappa shape index (κ2) is 9.17. The van der Waals surface area contributed by atoms with E-state index in [9.17, 15) is 14.4 Å². The van der Waals surface area contributed by atoms with Crippen molar-refractivity contribution in [2.75, 3.05) is 25.1 Å². The Bertz CT molecular complexity index is 642. The number of hydrogen-bond acceptors (Lipinski definition) is 5. The van der Waals surface area contributed by atoms with Gasteiger partial charge < -0.3 is 20.1 Å². The summed E-state index contributed by atoms with van der Waals surface area (Å²) in [4.78, 5) is 35.0. The quantitative estimate of drug-likeness (QED) is 0.550. The molecule has 0 saturated carbocycles. The largest absolute Gasteiger partial charge is 0.452 e. The lowest BCUT2D eigenvalue weighted by Crippen LogP contribution is -2.30. The number of benzene rings is 1. The van der Waals surface area contributed by atoms with Gasteiger partial charge in [-0.05, 0) is 50.5 Å². The molecule has 0 spiro atoms. The summed E-state index contributed by atoms with van der Waals surface area (Å²) in [6.07, 6.45) is 1.85. The van der Waals surface area contributed by atoms with Crippen molar-refractivity contribution in [3.8, 4) is 0 Å². The maximum absolute atomic E-state index is 12.0. The second-order valence-corrected chi connectivity index (χ2v) is 6.12. The van der Waals surface area contributed by atoms with Crippen LogP contribution < -0.4 is 10.6 Å². The van der Waals surface area contributed by atoms with Crippen LogP contribution in [0.4, 0.5) is 5.69 Å². The van der Waals surface area contributed by atoms with Gasteiger partial charge in [-0.15, -0.1) is 0 Å². The molecule has 1 heterocycles. The minimum Gasteiger partial charge on any atom is -0.452 e. The van der Waals surface area contributed by atoms with Crippen LogP contribution in [0.25, 0.3) is 0 Å². The van der Waals surface area contributed by atoms with Crippen molar-refractivity contribution >= 4 is 23.5 Å². The molecule has 0 saturated heterocycles. The van der Waals surface area contributed by atoms with Crippen molar-refractivity contribution in [1.82, 2.24) is 5.32 Å². The van der Waals surface area contributed by atoms with Crippen molar-refractivity contribution in [2.24, 2.45) is 0 Å². The van der Waals surface area contributed by atoms with Crippen LogP contribution in [0, 0.1) is 0 Å². The Labute approximate surface area is 147 Å². The minimum absolute atomic E-state index is 0.0294.